The minimum Gasteiger partial charge on any atom is -0.360 e. The summed E-state index contributed by atoms with van der Waals surface area (Å²) in [5, 5.41) is 1.38. The number of nitrogens with one attached hydrogen (secondary N) is 1. The number of hydrogen-bond acceptors (Lipinski definition) is 3. The van der Waals surface area contributed by atoms with Crippen LogP contribution in [-0.2, 0) is 9.84 Å². The van der Waals surface area contributed by atoms with Crippen LogP contribution in [0.4, 0.5) is 0 Å². The first-order chi connectivity index (χ1) is 8.96. The van der Waals surface area contributed by atoms with Gasteiger partial charge in [0.25, 0.3) is 0 Å². The second kappa shape index (κ2) is 4.35. The van der Waals surface area contributed by atoms with Gasteiger partial charge in [0, 0.05) is 33.6 Å². The molecule has 19 heavy (non-hydrogen) atoms. The molecule has 1 unspecified atom stereocenters. The Morgan fingerprint density at radius 2 is 2.16 bits per heavy atom. The number of aromatic nitrogens is 1. The summed E-state index contributed by atoms with van der Waals surface area (Å²) in [6, 6.07) is 5.25. The van der Waals surface area contributed by atoms with E-state index in [-0.39, 0.29) is 17.3 Å². The number of fused-ring (bicyclic) bond motifs is 1. The molecule has 1 aromatic heterocycles. The number of H-pyrrole nitrogens is 1. The molecule has 100 valence electrons. The summed E-state index contributed by atoms with van der Waals surface area (Å²) in [6.07, 6.45) is 2.05. The van der Waals surface area contributed by atoms with Crippen LogP contribution in [0, 0.1) is 5.92 Å². The molecule has 1 atom stereocenters. The lowest BCUT2D eigenvalue weighted by atomic mass is 9.97. The quantitative estimate of drug-likeness (QED) is 0.866. The van der Waals surface area contributed by atoms with Gasteiger partial charge in [-0.25, -0.2) is 8.42 Å². The summed E-state index contributed by atoms with van der Waals surface area (Å²) in [4.78, 5) is 15.4. The van der Waals surface area contributed by atoms with E-state index >= 15 is 0 Å². The zero-order valence-electron chi connectivity index (χ0n) is 10.0. The predicted molar refractivity (Wildman–Crippen MR) is 74.4 cm³/mol. The van der Waals surface area contributed by atoms with E-state index < -0.39 is 15.8 Å². The third-order valence-corrected chi connectivity index (χ3v) is 5.52. The van der Waals surface area contributed by atoms with Gasteiger partial charge < -0.3 is 4.98 Å². The van der Waals surface area contributed by atoms with Crippen molar-refractivity contribution >= 4 is 38.1 Å². The average Bonchev–Trinajstić information content (AvgIpc) is 2.91. The highest BCUT2D eigenvalue weighted by Gasteiger charge is 2.34. The molecule has 0 aliphatic carbocycles. The normalized spacial score (nSPS) is 21.8. The van der Waals surface area contributed by atoms with Crippen molar-refractivity contribution in [3.05, 3.63) is 35.0 Å². The fourth-order valence-electron chi connectivity index (χ4n) is 2.52. The number of rotatable bonds is 2. The van der Waals surface area contributed by atoms with Crippen molar-refractivity contribution in [2.75, 3.05) is 11.5 Å². The summed E-state index contributed by atoms with van der Waals surface area (Å²) in [6.45, 7) is 0. The van der Waals surface area contributed by atoms with Gasteiger partial charge in [0.1, 0.15) is 0 Å². The Morgan fingerprint density at radius 3 is 2.84 bits per heavy atom. The molecule has 1 fully saturated rings. The first-order valence-electron chi connectivity index (χ1n) is 5.97. The maximum Gasteiger partial charge on any atom is 0.169 e. The minimum absolute atomic E-state index is 0.0356. The van der Waals surface area contributed by atoms with Crippen molar-refractivity contribution < 1.29 is 13.2 Å². The van der Waals surface area contributed by atoms with Crippen molar-refractivity contribution in [1.82, 2.24) is 4.98 Å². The van der Waals surface area contributed by atoms with Gasteiger partial charge in [-0.15, -0.1) is 0 Å². The summed E-state index contributed by atoms with van der Waals surface area (Å²) < 4.78 is 22.9. The summed E-state index contributed by atoms with van der Waals surface area (Å²) >= 11 is 5.89. The van der Waals surface area contributed by atoms with E-state index in [0.29, 0.717) is 17.0 Å². The first-order valence-corrected chi connectivity index (χ1v) is 8.17. The largest absolute Gasteiger partial charge is 0.360 e. The zero-order valence-corrected chi connectivity index (χ0v) is 11.6. The van der Waals surface area contributed by atoms with Crippen LogP contribution in [0.15, 0.2) is 24.4 Å². The standard InChI is InChI=1S/C13H12ClNO3S/c14-9-1-2-10-11(6-15-12(10)5-9)13(16)8-3-4-19(17,18)7-8/h1-2,5-6,8,15H,3-4,7H2. The number of benzene rings is 1. The fraction of sp³-hybridized carbons (Fsp3) is 0.308. The maximum atomic E-state index is 12.4. The second-order valence-corrected chi connectivity index (χ2v) is 7.52. The molecule has 3 rings (SSSR count). The van der Waals surface area contributed by atoms with Crippen LogP contribution in [-0.4, -0.2) is 30.7 Å². The van der Waals surface area contributed by atoms with Crippen LogP contribution in [0.3, 0.4) is 0 Å². The van der Waals surface area contributed by atoms with Crippen molar-refractivity contribution in [3.8, 4) is 0 Å². The number of hydrogen-bond donors (Lipinski definition) is 1. The van der Waals surface area contributed by atoms with Gasteiger partial charge in [0.15, 0.2) is 15.6 Å². The molecule has 1 aliphatic heterocycles. The Hall–Kier alpha value is -1.33. The van der Waals surface area contributed by atoms with Crippen molar-refractivity contribution in [3.63, 3.8) is 0 Å². The lowest BCUT2D eigenvalue weighted by Crippen LogP contribution is -2.15. The highest BCUT2D eigenvalue weighted by atomic mass is 35.5. The summed E-state index contributed by atoms with van der Waals surface area (Å²) in [5.74, 6) is -0.446. The van der Waals surface area contributed by atoms with Crippen LogP contribution in [0.1, 0.15) is 16.8 Å². The summed E-state index contributed by atoms with van der Waals surface area (Å²) in [5.41, 5.74) is 1.34. The molecule has 0 saturated carbocycles. The number of ketones is 1. The maximum absolute atomic E-state index is 12.4. The monoisotopic (exact) mass is 297 g/mol. The molecule has 1 aromatic carbocycles. The van der Waals surface area contributed by atoms with Crippen LogP contribution in [0.5, 0.6) is 0 Å². The van der Waals surface area contributed by atoms with Crippen LogP contribution < -0.4 is 0 Å². The lowest BCUT2D eigenvalue weighted by Gasteiger charge is -2.05. The van der Waals surface area contributed by atoms with E-state index in [1.807, 2.05) is 0 Å². The Kier molecular flexibility index (Phi) is 2.91. The van der Waals surface area contributed by atoms with Gasteiger partial charge >= 0.3 is 0 Å². The molecule has 6 heteroatoms. The Labute approximate surface area is 115 Å². The smallest absolute Gasteiger partial charge is 0.169 e. The Balaban J connectivity index is 1.99. The van der Waals surface area contributed by atoms with E-state index in [1.165, 1.54) is 0 Å². The number of carbonyl (C=O) groups is 1. The fourth-order valence-corrected chi connectivity index (χ4v) is 4.44. The van der Waals surface area contributed by atoms with Gasteiger partial charge in [-0.05, 0) is 18.6 Å². The predicted octanol–water partition coefficient (Wildman–Crippen LogP) is 2.44. The number of Topliss-reactive ketones (excluding diaryl/α,β-unsaturated/α-hetero) is 1. The van der Waals surface area contributed by atoms with Gasteiger partial charge in [-0.3, -0.25) is 4.79 Å². The third kappa shape index (κ3) is 2.28. The van der Waals surface area contributed by atoms with Gasteiger partial charge in [0.05, 0.1) is 11.5 Å². The van der Waals surface area contributed by atoms with Gasteiger partial charge in [-0.2, -0.15) is 0 Å². The van der Waals surface area contributed by atoms with Crippen molar-refractivity contribution in [1.29, 1.82) is 0 Å². The highest BCUT2D eigenvalue weighted by Crippen LogP contribution is 2.28. The van der Waals surface area contributed by atoms with E-state index in [2.05, 4.69) is 4.98 Å². The van der Waals surface area contributed by atoms with Crippen LogP contribution in [0.2, 0.25) is 5.02 Å². The molecule has 0 radical (unpaired) electrons. The third-order valence-electron chi connectivity index (χ3n) is 3.51. The number of sulfone groups is 1. The number of aromatic amines is 1. The molecule has 1 aliphatic rings. The Morgan fingerprint density at radius 1 is 1.37 bits per heavy atom. The molecule has 0 bridgehead atoms. The Bertz CT molecular complexity index is 763. The van der Waals surface area contributed by atoms with E-state index in [1.54, 1.807) is 24.4 Å². The molecule has 2 aromatic rings. The topological polar surface area (TPSA) is 67.0 Å². The minimum atomic E-state index is -3.04. The zero-order chi connectivity index (χ0) is 13.6. The van der Waals surface area contributed by atoms with E-state index in [0.717, 1.165) is 10.9 Å². The van der Waals surface area contributed by atoms with Crippen molar-refractivity contribution in [2.45, 2.75) is 6.42 Å². The van der Waals surface area contributed by atoms with E-state index in [4.69, 9.17) is 11.6 Å². The van der Waals surface area contributed by atoms with E-state index in [9.17, 15) is 13.2 Å². The average molecular weight is 298 g/mol. The molecule has 1 N–H and O–H groups in total. The first kappa shape index (κ1) is 12.7. The molecule has 0 spiro atoms. The van der Waals surface area contributed by atoms with Crippen molar-refractivity contribution in [2.24, 2.45) is 5.92 Å². The lowest BCUT2D eigenvalue weighted by molar-refractivity contribution is 0.0935. The molecular weight excluding hydrogens is 286 g/mol. The molecular formula is C13H12ClNO3S. The molecule has 1 saturated heterocycles. The molecule has 0 amide bonds. The SMILES string of the molecule is O=C(c1c[nH]c2cc(Cl)ccc12)C1CCS(=O)(=O)C1. The van der Waals surface area contributed by atoms with Crippen LogP contribution >= 0.6 is 11.6 Å². The molecule has 4 nitrogen and oxygen atoms in total. The highest BCUT2D eigenvalue weighted by molar-refractivity contribution is 7.91. The van der Waals surface area contributed by atoms with Gasteiger partial charge in [0.2, 0.25) is 0 Å². The van der Waals surface area contributed by atoms with Gasteiger partial charge in [-0.1, -0.05) is 17.7 Å². The number of carbonyl (C=O) groups excluding carboxylic acids is 1. The summed E-state index contributed by atoms with van der Waals surface area (Å²) in [7, 11) is -3.04. The van der Waals surface area contributed by atoms with Crippen LogP contribution in [0.25, 0.3) is 10.9 Å². The number of halogens is 1. The molecule has 2 heterocycles. The second-order valence-electron chi connectivity index (χ2n) is 4.86.